The molecule has 2 saturated heterocycles. The van der Waals surface area contributed by atoms with E-state index in [1.54, 1.807) is 17.8 Å². The molecule has 3 fully saturated rings. The molecule has 3 aliphatic rings. The molecule has 8 nitrogen and oxygen atoms in total. The van der Waals surface area contributed by atoms with Crippen LogP contribution in [-0.4, -0.2) is 49.5 Å². The van der Waals surface area contributed by atoms with Crippen LogP contribution in [0.25, 0.3) is 22.0 Å². The fourth-order valence-electron chi connectivity index (χ4n) is 4.71. The Morgan fingerprint density at radius 3 is 2.61 bits per heavy atom. The summed E-state index contributed by atoms with van der Waals surface area (Å²) in [5, 5.41) is 0.534. The summed E-state index contributed by atoms with van der Waals surface area (Å²) in [7, 11) is -1.63. The molecule has 6 rings (SSSR count). The monoisotopic (exact) mass is 440 g/mol. The maximum absolute atomic E-state index is 12.5. The highest BCUT2D eigenvalue weighted by Crippen LogP contribution is 2.45. The number of benzene rings is 1. The summed E-state index contributed by atoms with van der Waals surface area (Å²) in [6.07, 6.45) is 5.02. The molecule has 0 unspecified atom stereocenters. The van der Waals surface area contributed by atoms with E-state index in [1.807, 2.05) is 30.5 Å². The van der Waals surface area contributed by atoms with Crippen molar-refractivity contribution < 1.29 is 13.2 Å². The third-order valence-electron chi connectivity index (χ3n) is 6.61. The van der Waals surface area contributed by atoms with E-state index < -0.39 is 10.0 Å². The van der Waals surface area contributed by atoms with Crippen molar-refractivity contribution in [1.29, 1.82) is 0 Å². The van der Waals surface area contributed by atoms with E-state index in [0.29, 0.717) is 24.0 Å². The highest BCUT2D eigenvalue weighted by atomic mass is 32.2. The van der Waals surface area contributed by atoms with Gasteiger partial charge in [0, 0.05) is 60.4 Å². The molecule has 1 saturated carbocycles. The molecular formula is C22H24N4O4S. The molecule has 0 radical (unpaired) electrons. The van der Waals surface area contributed by atoms with Crippen LogP contribution in [0.5, 0.6) is 0 Å². The summed E-state index contributed by atoms with van der Waals surface area (Å²) in [5.41, 5.74) is 4.08. The SMILES string of the molecule is Cn1cc(-c2cc(NS(=O)(=O)C3CC3)ccc2N2CC3(COC3)C2)c2cc[nH]c2c1=O. The molecule has 0 amide bonds. The highest BCUT2D eigenvalue weighted by molar-refractivity contribution is 7.93. The fraction of sp³-hybridized carbons (Fsp3) is 0.409. The van der Waals surface area contributed by atoms with Crippen LogP contribution in [0.15, 0.2) is 41.5 Å². The first-order valence-electron chi connectivity index (χ1n) is 10.5. The summed E-state index contributed by atoms with van der Waals surface area (Å²) in [6, 6.07) is 7.60. The predicted molar refractivity (Wildman–Crippen MR) is 120 cm³/mol. The Hall–Kier alpha value is -2.78. The standard InChI is InChI=1S/C22H24N4O4S/c1-25-9-18(16-6-7-23-20(16)21(25)27)17-8-14(24-31(28,29)15-3-4-15)2-5-19(17)26-10-22(11-26)12-30-13-22/h2,5-9,15,23-24H,3-4,10-13H2,1H3. The van der Waals surface area contributed by atoms with E-state index in [-0.39, 0.29) is 16.2 Å². The van der Waals surface area contributed by atoms with Gasteiger partial charge in [-0.2, -0.15) is 0 Å². The molecule has 2 aliphatic heterocycles. The Bertz CT molecular complexity index is 1360. The second kappa shape index (κ2) is 6.37. The van der Waals surface area contributed by atoms with E-state index in [2.05, 4.69) is 14.6 Å². The van der Waals surface area contributed by atoms with Crippen LogP contribution < -0.4 is 15.2 Å². The van der Waals surface area contributed by atoms with Gasteiger partial charge in [-0.15, -0.1) is 0 Å². The maximum Gasteiger partial charge on any atom is 0.274 e. The van der Waals surface area contributed by atoms with Crippen molar-refractivity contribution in [2.24, 2.45) is 12.5 Å². The summed E-state index contributed by atoms with van der Waals surface area (Å²) < 4.78 is 34.8. The van der Waals surface area contributed by atoms with Crippen LogP contribution in [0, 0.1) is 5.41 Å². The molecule has 2 aromatic heterocycles. The van der Waals surface area contributed by atoms with Crippen molar-refractivity contribution in [3.63, 3.8) is 0 Å². The van der Waals surface area contributed by atoms with Crippen LogP contribution in [0.4, 0.5) is 11.4 Å². The topological polar surface area (TPSA) is 96.4 Å². The highest BCUT2D eigenvalue weighted by Gasteiger charge is 2.49. The predicted octanol–water partition coefficient (Wildman–Crippen LogP) is 2.27. The summed E-state index contributed by atoms with van der Waals surface area (Å²) in [5.74, 6) is 0. The smallest absolute Gasteiger partial charge is 0.274 e. The van der Waals surface area contributed by atoms with Gasteiger partial charge < -0.3 is 19.2 Å². The lowest BCUT2D eigenvalue weighted by molar-refractivity contribution is -0.127. The lowest BCUT2D eigenvalue weighted by atomic mass is 9.77. The lowest BCUT2D eigenvalue weighted by Crippen LogP contribution is -2.66. The minimum absolute atomic E-state index is 0.0922. The van der Waals surface area contributed by atoms with Crippen LogP contribution in [0.2, 0.25) is 0 Å². The molecule has 1 spiro atoms. The van der Waals surface area contributed by atoms with Gasteiger partial charge in [-0.1, -0.05) is 0 Å². The van der Waals surface area contributed by atoms with Gasteiger partial charge in [0.2, 0.25) is 10.0 Å². The molecule has 0 atom stereocenters. The van der Waals surface area contributed by atoms with Crippen molar-refractivity contribution in [3.8, 4) is 11.1 Å². The van der Waals surface area contributed by atoms with Crippen molar-refractivity contribution in [2.75, 3.05) is 35.9 Å². The maximum atomic E-state index is 12.5. The second-order valence-electron chi connectivity index (χ2n) is 9.15. The minimum atomic E-state index is -3.37. The summed E-state index contributed by atoms with van der Waals surface area (Å²) in [4.78, 5) is 17.9. The molecule has 0 bridgehead atoms. The number of anilines is 2. The Labute approximate surface area is 179 Å². The number of rotatable bonds is 5. The summed E-state index contributed by atoms with van der Waals surface area (Å²) >= 11 is 0. The molecule has 162 valence electrons. The number of sulfonamides is 1. The number of aryl methyl sites for hydroxylation is 1. The van der Waals surface area contributed by atoms with E-state index in [4.69, 9.17) is 4.74 Å². The van der Waals surface area contributed by atoms with Gasteiger partial charge in [0.25, 0.3) is 5.56 Å². The number of nitrogens with one attached hydrogen (secondary N) is 2. The number of aromatic amines is 1. The number of hydrogen-bond donors (Lipinski definition) is 2. The number of aromatic nitrogens is 2. The Balaban J connectivity index is 1.48. The fourth-order valence-corrected chi connectivity index (χ4v) is 6.09. The molecule has 3 aromatic rings. The zero-order chi connectivity index (χ0) is 21.4. The third-order valence-corrected chi connectivity index (χ3v) is 8.48. The molecule has 2 N–H and O–H groups in total. The zero-order valence-electron chi connectivity index (χ0n) is 17.2. The van der Waals surface area contributed by atoms with Crippen molar-refractivity contribution >= 4 is 32.3 Å². The quantitative estimate of drug-likeness (QED) is 0.635. The summed E-state index contributed by atoms with van der Waals surface area (Å²) in [6.45, 7) is 3.41. The van der Waals surface area contributed by atoms with Gasteiger partial charge >= 0.3 is 0 Å². The number of hydrogen-bond acceptors (Lipinski definition) is 5. The van der Waals surface area contributed by atoms with Gasteiger partial charge in [0.1, 0.15) is 5.52 Å². The lowest BCUT2D eigenvalue weighted by Gasteiger charge is -2.56. The van der Waals surface area contributed by atoms with Gasteiger partial charge in [-0.05, 0) is 37.1 Å². The first kappa shape index (κ1) is 18.9. The second-order valence-corrected chi connectivity index (χ2v) is 11.1. The number of H-pyrrole nitrogens is 1. The minimum Gasteiger partial charge on any atom is -0.380 e. The van der Waals surface area contributed by atoms with Gasteiger partial charge in [0.15, 0.2) is 0 Å². The van der Waals surface area contributed by atoms with E-state index in [1.165, 1.54) is 0 Å². The largest absolute Gasteiger partial charge is 0.380 e. The Morgan fingerprint density at radius 1 is 1.16 bits per heavy atom. The Kier molecular flexibility index (Phi) is 3.89. The molecule has 1 aliphatic carbocycles. The van der Waals surface area contributed by atoms with Crippen molar-refractivity contribution in [3.05, 3.63) is 47.0 Å². The number of nitrogens with zero attached hydrogens (tertiary/aromatic N) is 2. The van der Waals surface area contributed by atoms with Crippen LogP contribution in [0.1, 0.15) is 12.8 Å². The first-order valence-corrected chi connectivity index (χ1v) is 12.1. The molecule has 31 heavy (non-hydrogen) atoms. The van der Waals surface area contributed by atoms with Crippen LogP contribution >= 0.6 is 0 Å². The Morgan fingerprint density at radius 2 is 1.94 bits per heavy atom. The number of ether oxygens (including phenoxy) is 1. The normalized spacial score (nSPS) is 20.0. The van der Waals surface area contributed by atoms with Gasteiger partial charge in [-0.3, -0.25) is 9.52 Å². The number of pyridine rings is 1. The van der Waals surface area contributed by atoms with Crippen LogP contribution in [0.3, 0.4) is 0 Å². The van der Waals surface area contributed by atoms with Gasteiger partial charge in [0.05, 0.1) is 23.9 Å². The van der Waals surface area contributed by atoms with E-state index >= 15 is 0 Å². The molecule has 4 heterocycles. The average Bonchev–Trinajstić information content (AvgIpc) is 3.42. The van der Waals surface area contributed by atoms with E-state index in [9.17, 15) is 13.2 Å². The first-order chi connectivity index (χ1) is 14.9. The molecule has 9 heteroatoms. The van der Waals surface area contributed by atoms with Crippen LogP contribution in [-0.2, 0) is 21.8 Å². The van der Waals surface area contributed by atoms with Crippen molar-refractivity contribution in [1.82, 2.24) is 9.55 Å². The van der Waals surface area contributed by atoms with E-state index in [0.717, 1.165) is 48.5 Å². The number of fused-ring (bicyclic) bond motifs is 1. The third kappa shape index (κ3) is 2.98. The zero-order valence-corrected chi connectivity index (χ0v) is 18.0. The molecule has 1 aromatic carbocycles. The molecular weight excluding hydrogens is 416 g/mol. The van der Waals surface area contributed by atoms with Crippen molar-refractivity contribution in [2.45, 2.75) is 18.1 Å². The average molecular weight is 441 g/mol. The van der Waals surface area contributed by atoms with Gasteiger partial charge in [-0.25, -0.2) is 8.42 Å².